The number of ketones is 1. The van der Waals surface area contributed by atoms with Gasteiger partial charge in [0.05, 0.1) is 5.02 Å². The Labute approximate surface area is 199 Å². The minimum atomic E-state index is 0.0258. The Morgan fingerprint density at radius 1 is 1.03 bits per heavy atom. The van der Waals surface area contributed by atoms with Gasteiger partial charge in [-0.15, -0.1) is 11.3 Å². The first kappa shape index (κ1) is 23.0. The minimum absolute atomic E-state index is 0.0258. The van der Waals surface area contributed by atoms with Crippen molar-refractivity contribution in [2.24, 2.45) is 5.92 Å². The van der Waals surface area contributed by atoms with Gasteiger partial charge in [-0.1, -0.05) is 29.8 Å². The van der Waals surface area contributed by atoms with E-state index in [-0.39, 0.29) is 16.9 Å². The summed E-state index contributed by atoms with van der Waals surface area (Å²) in [6, 6.07) is 17.4. The Bertz CT molecular complexity index is 1090. The fourth-order valence-corrected chi connectivity index (χ4v) is 6.10. The quantitative estimate of drug-likeness (QED) is 0.373. The molecule has 2 aromatic carbocycles. The molecule has 2 heterocycles. The number of rotatable bonds is 6. The first-order chi connectivity index (χ1) is 15.1. The van der Waals surface area contributed by atoms with Gasteiger partial charge in [0.25, 0.3) is 0 Å². The number of hydrogen-bond donors (Lipinski definition) is 1. The number of para-hydroxylation sites is 1. The molecule has 168 valence electrons. The number of Topliss-reactive ketones (excluding diaryl/α,β-unsaturated/α-hetero) is 1. The van der Waals surface area contributed by atoms with E-state index < -0.39 is 0 Å². The normalized spacial score (nSPS) is 17.8. The van der Waals surface area contributed by atoms with Gasteiger partial charge in [-0.25, -0.2) is 0 Å². The average Bonchev–Trinajstić information content (AvgIpc) is 3.22. The largest absolute Gasteiger partial charge is 0.455 e. The second-order valence-corrected chi connectivity index (χ2v) is 11.4. The molecule has 0 bridgehead atoms. The molecule has 1 aromatic heterocycles. The lowest BCUT2D eigenvalue weighted by Gasteiger charge is -2.46. The van der Waals surface area contributed by atoms with Crippen molar-refractivity contribution in [2.45, 2.75) is 58.0 Å². The molecule has 0 saturated carbocycles. The number of thiophene rings is 1. The molecular weight excluding hydrogens is 438 g/mol. The smallest absolute Gasteiger partial charge is 0.163 e. The van der Waals surface area contributed by atoms with E-state index >= 15 is 0 Å². The van der Waals surface area contributed by atoms with Gasteiger partial charge < -0.3 is 10.1 Å². The average molecular weight is 468 g/mol. The van der Waals surface area contributed by atoms with E-state index in [9.17, 15) is 4.79 Å². The summed E-state index contributed by atoms with van der Waals surface area (Å²) in [6.07, 6.45) is 2.50. The van der Waals surface area contributed by atoms with Crippen LogP contribution in [0.2, 0.25) is 5.02 Å². The van der Waals surface area contributed by atoms with Gasteiger partial charge in [0, 0.05) is 33.5 Å². The zero-order chi connectivity index (χ0) is 22.9. The molecule has 32 heavy (non-hydrogen) atoms. The van der Waals surface area contributed by atoms with Crippen LogP contribution in [-0.4, -0.2) is 16.9 Å². The highest BCUT2D eigenvalue weighted by Gasteiger charge is 2.38. The number of halogens is 1. The summed E-state index contributed by atoms with van der Waals surface area (Å²) in [6.45, 7) is 8.84. The van der Waals surface area contributed by atoms with E-state index in [1.807, 2.05) is 41.8 Å². The van der Waals surface area contributed by atoms with Gasteiger partial charge in [0.2, 0.25) is 0 Å². The molecule has 0 unspecified atom stereocenters. The van der Waals surface area contributed by atoms with Crippen LogP contribution >= 0.6 is 22.9 Å². The minimum Gasteiger partial charge on any atom is -0.455 e. The zero-order valence-electron chi connectivity index (χ0n) is 19.1. The van der Waals surface area contributed by atoms with Crippen LogP contribution in [-0.2, 0) is 0 Å². The lowest BCUT2D eigenvalue weighted by molar-refractivity contribution is 0.0864. The summed E-state index contributed by atoms with van der Waals surface area (Å²) in [4.78, 5) is 14.2. The SMILES string of the molecule is CC1(C)CC(CC(=O)c2ccc(Oc3ccccc3-c3cccs3)c(Cl)c2)CC(C)(C)N1. The van der Waals surface area contributed by atoms with Crippen molar-refractivity contribution < 1.29 is 9.53 Å². The summed E-state index contributed by atoms with van der Waals surface area (Å²) in [5, 5.41) is 6.17. The van der Waals surface area contributed by atoms with Crippen molar-refractivity contribution in [1.82, 2.24) is 5.32 Å². The van der Waals surface area contributed by atoms with E-state index in [2.05, 4.69) is 39.1 Å². The van der Waals surface area contributed by atoms with E-state index in [0.717, 1.165) is 29.0 Å². The van der Waals surface area contributed by atoms with Crippen LogP contribution < -0.4 is 10.1 Å². The highest BCUT2D eigenvalue weighted by atomic mass is 35.5. The molecule has 0 spiro atoms. The Morgan fingerprint density at radius 3 is 2.41 bits per heavy atom. The number of nitrogens with one attached hydrogen (secondary N) is 1. The second-order valence-electron chi connectivity index (χ2n) is 10.0. The third kappa shape index (κ3) is 5.43. The molecule has 3 aromatic rings. The molecule has 5 heteroatoms. The second kappa shape index (κ2) is 9.01. The predicted octanol–water partition coefficient (Wildman–Crippen LogP) is 7.99. The van der Waals surface area contributed by atoms with Crippen molar-refractivity contribution in [3.63, 3.8) is 0 Å². The highest BCUT2D eigenvalue weighted by molar-refractivity contribution is 7.13. The Kier molecular flexibility index (Phi) is 6.49. The third-order valence-electron chi connectivity index (χ3n) is 5.90. The number of piperidine rings is 1. The Morgan fingerprint density at radius 2 is 1.75 bits per heavy atom. The molecule has 1 aliphatic heterocycles. The monoisotopic (exact) mass is 467 g/mol. The van der Waals surface area contributed by atoms with Gasteiger partial charge in [0.1, 0.15) is 11.5 Å². The summed E-state index contributed by atoms with van der Waals surface area (Å²) >= 11 is 8.21. The number of hydrogen-bond acceptors (Lipinski definition) is 4. The van der Waals surface area contributed by atoms with Gasteiger partial charge in [-0.2, -0.15) is 0 Å². The lowest BCUT2D eigenvalue weighted by Crippen LogP contribution is -2.57. The molecule has 0 amide bonds. The Hall–Kier alpha value is -2.14. The predicted molar refractivity (Wildman–Crippen MR) is 134 cm³/mol. The number of carbonyl (C=O) groups excluding carboxylic acids is 1. The van der Waals surface area contributed by atoms with Gasteiger partial charge in [-0.3, -0.25) is 4.79 Å². The van der Waals surface area contributed by atoms with Gasteiger partial charge in [0.15, 0.2) is 5.78 Å². The van der Waals surface area contributed by atoms with Crippen LogP contribution in [0.5, 0.6) is 11.5 Å². The molecule has 1 saturated heterocycles. The summed E-state index contributed by atoms with van der Waals surface area (Å²) in [7, 11) is 0. The molecule has 1 aliphatic rings. The van der Waals surface area contributed by atoms with Gasteiger partial charge >= 0.3 is 0 Å². The van der Waals surface area contributed by atoms with Crippen LogP contribution in [0.15, 0.2) is 60.0 Å². The van der Waals surface area contributed by atoms with E-state index in [1.54, 1.807) is 23.5 Å². The van der Waals surface area contributed by atoms with Crippen molar-refractivity contribution >= 4 is 28.7 Å². The fraction of sp³-hybridized carbons (Fsp3) is 0.370. The molecule has 1 fully saturated rings. The van der Waals surface area contributed by atoms with Crippen molar-refractivity contribution in [1.29, 1.82) is 0 Å². The van der Waals surface area contributed by atoms with Crippen LogP contribution in [0.25, 0.3) is 10.4 Å². The Balaban J connectivity index is 1.49. The summed E-state index contributed by atoms with van der Waals surface area (Å²) < 4.78 is 6.16. The fourth-order valence-electron chi connectivity index (χ4n) is 5.12. The summed E-state index contributed by atoms with van der Waals surface area (Å²) in [5.74, 6) is 1.78. The van der Waals surface area contributed by atoms with Gasteiger partial charge in [-0.05, 0) is 88.2 Å². The maximum atomic E-state index is 13.0. The van der Waals surface area contributed by atoms with Crippen LogP contribution in [0, 0.1) is 5.92 Å². The molecule has 3 nitrogen and oxygen atoms in total. The number of benzene rings is 2. The standard InChI is InChI=1S/C27H30ClNO2S/c1-26(2)16-18(17-27(3,4)29-26)14-22(30)19-11-12-24(21(28)15-19)31-23-9-6-5-8-20(23)25-10-7-13-32-25/h5-13,15,18,29H,14,16-17H2,1-4H3. The topological polar surface area (TPSA) is 38.3 Å². The third-order valence-corrected chi connectivity index (χ3v) is 7.09. The van der Waals surface area contributed by atoms with Crippen LogP contribution in [0.1, 0.15) is 57.3 Å². The molecule has 0 radical (unpaired) electrons. The maximum absolute atomic E-state index is 13.0. The molecule has 0 aliphatic carbocycles. The van der Waals surface area contributed by atoms with E-state index in [0.29, 0.717) is 28.7 Å². The zero-order valence-corrected chi connectivity index (χ0v) is 20.6. The first-order valence-corrected chi connectivity index (χ1v) is 12.3. The molecular formula is C27H30ClNO2S. The number of ether oxygens (including phenoxy) is 1. The van der Waals surface area contributed by atoms with Crippen molar-refractivity contribution in [3.05, 3.63) is 70.6 Å². The molecule has 1 N–H and O–H groups in total. The van der Waals surface area contributed by atoms with Crippen LogP contribution in [0.3, 0.4) is 0 Å². The maximum Gasteiger partial charge on any atom is 0.163 e. The van der Waals surface area contributed by atoms with Crippen molar-refractivity contribution in [3.8, 4) is 21.9 Å². The lowest BCUT2D eigenvalue weighted by atomic mass is 9.74. The van der Waals surface area contributed by atoms with E-state index in [4.69, 9.17) is 16.3 Å². The first-order valence-electron chi connectivity index (χ1n) is 11.0. The van der Waals surface area contributed by atoms with Crippen LogP contribution in [0.4, 0.5) is 0 Å². The molecule has 0 atom stereocenters. The molecule has 4 rings (SSSR count). The summed E-state index contributed by atoms with van der Waals surface area (Å²) in [5.41, 5.74) is 1.72. The van der Waals surface area contributed by atoms with Crippen molar-refractivity contribution in [2.75, 3.05) is 0 Å². The van der Waals surface area contributed by atoms with E-state index in [1.165, 1.54) is 0 Å². The highest BCUT2D eigenvalue weighted by Crippen LogP contribution is 2.39. The number of carbonyl (C=O) groups is 1.